The SMILES string of the molecule is Cc1ccccc1OCc1ccc(F)c(C#N)c1. The number of rotatable bonds is 3. The van der Waals surface area contributed by atoms with Gasteiger partial charge in [-0.1, -0.05) is 24.3 Å². The molecule has 0 radical (unpaired) electrons. The first-order valence-electron chi connectivity index (χ1n) is 5.57. The first-order valence-corrected chi connectivity index (χ1v) is 5.57. The number of nitrogens with zero attached hydrogens (tertiary/aromatic N) is 1. The van der Waals surface area contributed by atoms with E-state index in [2.05, 4.69) is 0 Å². The number of aryl methyl sites for hydroxylation is 1. The van der Waals surface area contributed by atoms with Crippen LogP contribution in [0.2, 0.25) is 0 Å². The van der Waals surface area contributed by atoms with Crippen LogP contribution in [0.15, 0.2) is 42.5 Å². The Kier molecular flexibility index (Phi) is 3.59. The molecule has 0 saturated carbocycles. The molecule has 0 aliphatic heterocycles. The molecule has 2 aromatic carbocycles. The standard InChI is InChI=1S/C15H12FNO/c1-11-4-2-3-5-15(11)18-10-12-6-7-14(16)13(8-12)9-17/h2-8H,10H2,1H3. The van der Waals surface area contributed by atoms with Crippen LogP contribution >= 0.6 is 0 Å². The monoisotopic (exact) mass is 241 g/mol. The minimum atomic E-state index is -0.503. The zero-order valence-electron chi connectivity index (χ0n) is 9.98. The fourth-order valence-corrected chi connectivity index (χ4v) is 1.63. The van der Waals surface area contributed by atoms with Crippen LogP contribution in [0.5, 0.6) is 5.75 Å². The van der Waals surface area contributed by atoms with Crippen molar-refractivity contribution in [3.8, 4) is 11.8 Å². The molecule has 18 heavy (non-hydrogen) atoms. The van der Waals surface area contributed by atoms with Gasteiger partial charge in [-0.3, -0.25) is 0 Å². The summed E-state index contributed by atoms with van der Waals surface area (Å²) in [4.78, 5) is 0. The molecule has 0 heterocycles. The highest BCUT2D eigenvalue weighted by Crippen LogP contribution is 2.18. The molecule has 0 bridgehead atoms. The number of hydrogen-bond donors (Lipinski definition) is 0. The smallest absolute Gasteiger partial charge is 0.140 e. The quantitative estimate of drug-likeness (QED) is 0.822. The van der Waals surface area contributed by atoms with Gasteiger partial charge in [-0.2, -0.15) is 5.26 Å². The van der Waals surface area contributed by atoms with E-state index >= 15 is 0 Å². The first-order chi connectivity index (χ1) is 8.70. The maximum Gasteiger partial charge on any atom is 0.140 e. The Bertz CT molecular complexity index is 602. The Labute approximate surface area is 105 Å². The summed E-state index contributed by atoms with van der Waals surface area (Å²) in [5.74, 6) is 0.289. The second kappa shape index (κ2) is 5.33. The van der Waals surface area contributed by atoms with Crippen LogP contribution in [0.25, 0.3) is 0 Å². The Morgan fingerprint density at radius 1 is 1.22 bits per heavy atom. The Morgan fingerprint density at radius 2 is 2.00 bits per heavy atom. The zero-order chi connectivity index (χ0) is 13.0. The molecule has 0 fully saturated rings. The van der Waals surface area contributed by atoms with E-state index in [0.29, 0.717) is 6.61 Å². The molecule has 0 unspecified atom stereocenters. The van der Waals surface area contributed by atoms with Gasteiger partial charge < -0.3 is 4.74 Å². The molecular weight excluding hydrogens is 229 g/mol. The average Bonchev–Trinajstić information content (AvgIpc) is 2.39. The number of nitriles is 1. The lowest BCUT2D eigenvalue weighted by molar-refractivity contribution is 0.304. The number of hydrogen-bond acceptors (Lipinski definition) is 2. The number of para-hydroxylation sites is 1. The molecule has 0 N–H and O–H groups in total. The third-order valence-electron chi connectivity index (χ3n) is 2.64. The minimum Gasteiger partial charge on any atom is -0.489 e. The third kappa shape index (κ3) is 2.67. The molecular formula is C15H12FNO. The van der Waals surface area contributed by atoms with Gasteiger partial charge in [-0.25, -0.2) is 4.39 Å². The van der Waals surface area contributed by atoms with Gasteiger partial charge >= 0.3 is 0 Å². The Morgan fingerprint density at radius 3 is 2.72 bits per heavy atom. The van der Waals surface area contributed by atoms with Gasteiger partial charge in [0.05, 0.1) is 5.56 Å². The summed E-state index contributed by atoms with van der Waals surface area (Å²) >= 11 is 0. The van der Waals surface area contributed by atoms with Crippen LogP contribution in [-0.2, 0) is 6.61 Å². The van der Waals surface area contributed by atoms with Gasteiger partial charge in [-0.05, 0) is 36.2 Å². The summed E-state index contributed by atoms with van der Waals surface area (Å²) in [5.41, 5.74) is 1.86. The lowest BCUT2D eigenvalue weighted by Crippen LogP contribution is -1.98. The summed E-state index contributed by atoms with van der Waals surface area (Å²) in [6.07, 6.45) is 0. The van der Waals surface area contributed by atoms with Crippen LogP contribution in [0, 0.1) is 24.1 Å². The summed E-state index contributed by atoms with van der Waals surface area (Å²) in [6, 6.07) is 13.9. The van der Waals surface area contributed by atoms with Gasteiger partial charge in [0.25, 0.3) is 0 Å². The highest BCUT2D eigenvalue weighted by atomic mass is 19.1. The average molecular weight is 241 g/mol. The molecule has 0 spiro atoms. The van der Waals surface area contributed by atoms with E-state index in [0.717, 1.165) is 16.9 Å². The zero-order valence-corrected chi connectivity index (χ0v) is 9.98. The first kappa shape index (κ1) is 12.1. The van der Waals surface area contributed by atoms with E-state index in [1.807, 2.05) is 37.3 Å². The summed E-state index contributed by atoms with van der Waals surface area (Å²) in [6.45, 7) is 2.28. The van der Waals surface area contributed by atoms with E-state index in [-0.39, 0.29) is 5.56 Å². The van der Waals surface area contributed by atoms with E-state index < -0.39 is 5.82 Å². The van der Waals surface area contributed by atoms with Crippen molar-refractivity contribution in [3.63, 3.8) is 0 Å². The normalized spacial score (nSPS) is 9.83. The molecule has 2 aromatic rings. The van der Waals surface area contributed by atoms with Gasteiger partial charge in [0.15, 0.2) is 0 Å². The third-order valence-corrected chi connectivity index (χ3v) is 2.64. The summed E-state index contributed by atoms with van der Waals surface area (Å²) in [7, 11) is 0. The topological polar surface area (TPSA) is 33.0 Å². The van der Waals surface area contributed by atoms with Crippen molar-refractivity contribution >= 4 is 0 Å². The van der Waals surface area contributed by atoms with E-state index in [9.17, 15) is 4.39 Å². The van der Waals surface area contributed by atoms with E-state index in [1.54, 1.807) is 6.07 Å². The molecule has 2 nitrogen and oxygen atoms in total. The predicted molar refractivity (Wildman–Crippen MR) is 66.6 cm³/mol. The van der Waals surface area contributed by atoms with Crippen molar-refractivity contribution in [3.05, 3.63) is 65.0 Å². The fourth-order valence-electron chi connectivity index (χ4n) is 1.63. The lowest BCUT2D eigenvalue weighted by Gasteiger charge is -2.09. The van der Waals surface area contributed by atoms with Crippen molar-refractivity contribution in [1.82, 2.24) is 0 Å². The van der Waals surface area contributed by atoms with Gasteiger partial charge in [0.1, 0.15) is 24.2 Å². The molecule has 90 valence electrons. The van der Waals surface area contributed by atoms with Crippen molar-refractivity contribution in [1.29, 1.82) is 5.26 Å². The van der Waals surface area contributed by atoms with E-state index in [1.165, 1.54) is 12.1 Å². The highest BCUT2D eigenvalue weighted by Gasteiger charge is 2.04. The number of benzene rings is 2. The molecule has 2 rings (SSSR count). The van der Waals surface area contributed by atoms with Crippen molar-refractivity contribution in [2.75, 3.05) is 0 Å². The van der Waals surface area contributed by atoms with Crippen molar-refractivity contribution < 1.29 is 9.13 Å². The highest BCUT2D eigenvalue weighted by molar-refractivity contribution is 5.35. The maximum atomic E-state index is 13.1. The van der Waals surface area contributed by atoms with Crippen LogP contribution < -0.4 is 4.74 Å². The van der Waals surface area contributed by atoms with Gasteiger partial charge in [-0.15, -0.1) is 0 Å². The Hall–Kier alpha value is -2.34. The summed E-state index contributed by atoms with van der Waals surface area (Å²) in [5, 5.41) is 8.74. The maximum absolute atomic E-state index is 13.1. The molecule has 0 amide bonds. The lowest BCUT2D eigenvalue weighted by atomic mass is 10.1. The second-order valence-corrected chi connectivity index (χ2v) is 3.98. The van der Waals surface area contributed by atoms with Gasteiger partial charge in [0, 0.05) is 0 Å². The Balaban J connectivity index is 2.12. The van der Waals surface area contributed by atoms with Crippen LogP contribution in [0.4, 0.5) is 4.39 Å². The predicted octanol–water partition coefficient (Wildman–Crippen LogP) is 3.58. The van der Waals surface area contributed by atoms with Crippen LogP contribution in [0.3, 0.4) is 0 Å². The minimum absolute atomic E-state index is 0.0425. The number of ether oxygens (including phenoxy) is 1. The molecule has 0 atom stereocenters. The fraction of sp³-hybridized carbons (Fsp3) is 0.133. The van der Waals surface area contributed by atoms with Crippen LogP contribution in [-0.4, -0.2) is 0 Å². The van der Waals surface area contributed by atoms with Crippen molar-refractivity contribution in [2.45, 2.75) is 13.5 Å². The van der Waals surface area contributed by atoms with Gasteiger partial charge in [0.2, 0.25) is 0 Å². The second-order valence-electron chi connectivity index (χ2n) is 3.98. The van der Waals surface area contributed by atoms with Crippen molar-refractivity contribution in [2.24, 2.45) is 0 Å². The largest absolute Gasteiger partial charge is 0.489 e. The van der Waals surface area contributed by atoms with Crippen LogP contribution in [0.1, 0.15) is 16.7 Å². The molecule has 0 aliphatic rings. The molecule has 0 aliphatic carbocycles. The molecule has 3 heteroatoms. The van der Waals surface area contributed by atoms with E-state index in [4.69, 9.17) is 10.00 Å². The molecule has 0 saturated heterocycles. The molecule has 0 aromatic heterocycles. The number of halogens is 1. The summed E-state index contributed by atoms with van der Waals surface area (Å²) < 4.78 is 18.8.